The predicted octanol–water partition coefficient (Wildman–Crippen LogP) is 1.13. The number of halogens is 1. The molecule has 0 unspecified atom stereocenters. The van der Waals surface area contributed by atoms with Crippen LogP contribution < -0.4 is 15.6 Å². The average Bonchev–Trinajstić information content (AvgIpc) is 2.25. The zero-order chi connectivity index (χ0) is 12.0. The van der Waals surface area contributed by atoms with E-state index in [9.17, 15) is 4.79 Å². The monoisotopic (exact) mass is 305 g/mol. The molecule has 0 aromatic heterocycles. The number of amides is 2. The van der Waals surface area contributed by atoms with Crippen molar-refractivity contribution in [2.45, 2.75) is 12.2 Å². The minimum atomic E-state index is -0.640. The molecule has 2 amide bonds. The van der Waals surface area contributed by atoms with Gasteiger partial charge in [0.25, 0.3) is 0 Å². The fourth-order valence-corrected chi connectivity index (χ4v) is 2.64. The number of nitrogens with one attached hydrogen (secondary N) is 1. The summed E-state index contributed by atoms with van der Waals surface area (Å²) in [6.45, 7) is 1.85. The first kappa shape index (κ1) is 13.0. The molecule has 0 aliphatic carbocycles. The molecule has 0 aliphatic rings. The van der Waals surface area contributed by atoms with Crippen molar-refractivity contribution in [2.24, 2.45) is 10.8 Å². The van der Waals surface area contributed by atoms with E-state index in [1.165, 1.54) is 4.46 Å². The first-order chi connectivity index (χ1) is 7.58. The molecule has 0 heterocycles. The number of urea groups is 1. The molecule has 0 aliphatic heterocycles. The quantitative estimate of drug-likeness (QED) is 0.489. The molecule has 0 bridgehead atoms. The number of primary amides is 1. The van der Waals surface area contributed by atoms with Crippen molar-refractivity contribution >= 4 is 42.8 Å². The molecule has 0 saturated heterocycles. The van der Waals surface area contributed by atoms with Crippen LogP contribution in [0, 0.1) is 0 Å². The van der Waals surface area contributed by atoms with Gasteiger partial charge in [-0.1, -0.05) is 0 Å². The number of hydrogen-bond acceptors (Lipinski definition) is 2. The van der Waals surface area contributed by atoms with Gasteiger partial charge in [0.1, 0.15) is 0 Å². The van der Waals surface area contributed by atoms with Gasteiger partial charge in [0.05, 0.1) is 0 Å². The SMILES string of the molecule is C/C(C[Se]c1ccc(Cl)cc1)=N\NC(N)=O. The van der Waals surface area contributed by atoms with Crippen LogP contribution in [0.25, 0.3) is 0 Å². The Morgan fingerprint density at radius 2 is 2.12 bits per heavy atom. The Hall–Kier alpha value is -1.03. The Kier molecular flexibility index (Phi) is 5.32. The fourth-order valence-electron chi connectivity index (χ4n) is 0.901. The van der Waals surface area contributed by atoms with Crippen LogP contribution in [0.1, 0.15) is 6.92 Å². The van der Waals surface area contributed by atoms with Gasteiger partial charge in [0.15, 0.2) is 0 Å². The Labute approximate surface area is 105 Å². The van der Waals surface area contributed by atoms with Crippen molar-refractivity contribution in [3.05, 3.63) is 29.3 Å². The van der Waals surface area contributed by atoms with E-state index in [-0.39, 0.29) is 15.0 Å². The van der Waals surface area contributed by atoms with Gasteiger partial charge < -0.3 is 0 Å². The van der Waals surface area contributed by atoms with Crippen molar-refractivity contribution in [3.63, 3.8) is 0 Å². The van der Waals surface area contributed by atoms with Crippen molar-refractivity contribution in [3.8, 4) is 0 Å². The van der Waals surface area contributed by atoms with Crippen LogP contribution in [-0.2, 0) is 0 Å². The third kappa shape index (κ3) is 5.16. The Morgan fingerprint density at radius 3 is 2.69 bits per heavy atom. The van der Waals surface area contributed by atoms with Crippen LogP contribution in [0.5, 0.6) is 0 Å². The summed E-state index contributed by atoms with van der Waals surface area (Å²) in [6, 6.07) is 7.09. The predicted molar refractivity (Wildman–Crippen MR) is 67.5 cm³/mol. The van der Waals surface area contributed by atoms with Gasteiger partial charge in [0, 0.05) is 0 Å². The molecular weight excluding hydrogens is 293 g/mol. The Balaban J connectivity index is 2.42. The molecule has 1 aromatic rings. The molecule has 6 heteroatoms. The molecule has 4 nitrogen and oxygen atoms in total. The van der Waals surface area contributed by atoms with E-state index in [0.29, 0.717) is 0 Å². The second-order valence-corrected chi connectivity index (χ2v) is 5.70. The summed E-state index contributed by atoms with van der Waals surface area (Å²) in [5, 5.41) is 5.40. The molecule has 0 fully saturated rings. The molecule has 1 aromatic carbocycles. The summed E-state index contributed by atoms with van der Waals surface area (Å²) in [5.41, 5.74) is 7.96. The van der Waals surface area contributed by atoms with E-state index in [0.717, 1.165) is 16.1 Å². The van der Waals surface area contributed by atoms with Crippen LogP contribution in [0.2, 0.25) is 10.3 Å². The second-order valence-electron chi connectivity index (χ2n) is 3.07. The van der Waals surface area contributed by atoms with Crippen LogP contribution in [0.3, 0.4) is 0 Å². The third-order valence-electron chi connectivity index (χ3n) is 1.62. The normalized spacial score (nSPS) is 11.2. The topological polar surface area (TPSA) is 67.5 Å². The molecule has 0 radical (unpaired) electrons. The van der Waals surface area contributed by atoms with Gasteiger partial charge in [-0.15, -0.1) is 0 Å². The molecule has 3 N–H and O–H groups in total. The van der Waals surface area contributed by atoms with Gasteiger partial charge in [0.2, 0.25) is 0 Å². The molecule has 16 heavy (non-hydrogen) atoms. The number of nitrogens with zero attached hydrogens (tertiary/aromatic N) is 1. The van der Waals surface area contributed by atoms with E-state index in [2.05, 4.69) is 10.5 Å². The summed E-state index contributed by atoms with van der Waals surface area (Å²) in [5.74, 6) is 0. The van der Waals surface area contributed by atoms with Gasteiger partial charge in [-0.3, -0.25) is 0 Å². The van der Waals surface area contributed by atoms with Crippen molar-refractivity contribution in [2.75, 3.05) is 0 Å². The van der Waals surface area contributed by atoms with E-state index >= 15 is 0 Å². The molecule has 0 spiro atoms. The first-order valence-electron chi connectivity index (χ1n) is 4.55. The maximum absolute atomic E-state index is 10.4. The summed E-state index contributed by atoms with van der Waals surface area (Å²) < 4.78 is 1.24. The van der Waals surface area contributed by atoms with Crippen LogP contribution in [0.4, 0.5) is 4.79 Å². The van der Waals surface area contributed by atoms with Gasteiger partial charge >= 0.3 is 105 Å². The number of carbonyl (C=O) groups excluding carboxylic acids is 1. The van der Waals surface area contributed by atoms with Gasteiger partial charge in [-0.25, -0.2) is 0 Å². The molecule has 0 saturated carbocycles. The summed E-state index contributed by atoms with van der Waals surface area (Å²) in [6.07, 6.45) is 0. The molecule has 0 atom stereocenters. The van der Waals surface area contributed by atoms with Crippen molar-refractivity contribution < 1.29 is 4.79 Å². The maximum atomic E-state index is 10.4. The fraction of sp³-hybridized carbons (Fsp3) is 0.200. The zero-order valence-corrected chi connectivity index (χ0v) is 11.2. The molecular formula is C10H12ClN3OSe. The van der Waals surface area contributed by atoms with E-state index < -0.39 is 6.03 Å². The van der Waals surface area contributed by atoms with Crippen molar-refractivity contribution in [1.29, 1.82) is 0 Å². The van der Waals surface area contributed by atoms with Gasteiger partial charge in [-0.05, 0) is 0 Å². The Bertz CT molecular complexity index is 392. The molecule has 1 rings (SSSR count). The first-order valence-corrected chi connectivity index (χ1v) is 6.99. The number of hydrazone groups is 1. The minimum absolute atomic E-state index is 0.289. The second kappa shape index (κ2) is 6.53. The Morgan fingerprint density at radius 1 is 1.50 bits per heavy atom. The molecule has 86 valence electrons. The number of carbonyl (C=O) groups is 1. The summed E-state index contributed by atoms with van der Waals surface area (Å²) in [4.78, 5) is 10.4. The summed E-state index contributed by atoms with van der Waals surface area (Å²) in [7, 11) is 0. The number of nitrogens with two attached hydrogens (primary N) is 1. The number of rotatable bonds is 4. The van der Waals surface area contributed by atoms with Crippen LogP contribution in [0.15, 0.2) is 29.4 Å². The van der Waals surface area contributed by atoms with Crippen LogP contribution in [-0.4, -0.2) is 26.7 Å². The van der Waals surface area contributed by atoms with E-state index in [1.807, 2.05) is 31.2 Å². The number of benzene rings is 1. The van der Waals surface area contributed by atoms with E-state index in [4.69, 9.17) is 17.3 Å². The van der Waals surface area contributed by atoms with E-state index in [1.54, 1.807) is 0 Å². The standard InChI is InChI=1S/C10H12ClN3OSe/c1-7(13-14-10(12)15)6-16-9-4-2-8(11)3-5-9/h2-5H,6H2,1H3,(H3,12,14,15)/b13-7+. The van der Waals surface area contributed by atoms with Crippen molar-refractivity contribution in [1.82, 2.24) is 5.43 Å². The third-order valence-corrected chi connectivity index (χ3v) is 4.32. The van der Waals surface area contributed by atoms with Crippen LogP contribution >= 0.6 is 11.6 Å². The zero-order valence-electron chi connectivity index (χ0n) is 8.74. The number of hydrogen-bond donors (Lipinski definition) is 2. The summed E-state index contributed by atoms with van der Waals surface area (Å²) >= 11 is 6.07. The van der Waals surface area contributed by atoms with Gasteiger partial charge in [-0.2, -0.15) is 0 Å². The average molecular weight is 305 g/mol.